The number of carbonyl (C=O) groups excluding carboxylic acids is 1. The number of amides is 1. The van der Waals surface area contributed by atoms with Crippen LogP contribution in [0.2, 0.25) is 0 Å². The van der Waals surface area contributed by atoms with E-state index >= 15 is 0 Å². The van der Waals surface area contributed by atoms with Crippen LogP contribution in [0.25, 0.3) is 0 Å². The fourth-order valence-electron chi connectivity index (χ4n) is 2.76. The van der Waals surface area contributed by atoms with Crippen LogP contribution in [0.3, 0.4) is 0 Å². The van der Waals surface area contributed by atoms with Gasteiger partial charge in [0.2, 0.25) is 0 Å². The molecule has 0 radical (unpaired) electrons. The first-order chi connectivity index (χ1) is 10.2. The minimum absolute atomic E-state index is 0.0599. The molecule has 0 spiro atoms. The lowest BCUT2D eigenvalue weighted by molar-refractivity contribution is 0.0235. The number of hydrogen-bond acceptors (Lipinski definition) is 3. The smallest absolute Gasteiger partial charge is 0.251 e. The van der Waals surface area contributed by atoms with Crippen LogP contribution in [0.4, 0.5) is 0 Å². The number of aliphatic hydroxyl groups excluding tert-OH is 1. The molecule has 0 unspecified atom stereocenters. The molecule has 1 atom stereocenters. The van der Waals surface area contributed by atoms with E-state index in [0.717, 1.165) is 18.4 Å². The maximum Gasteiger partial charge on any atom is 0.251 e. The van der Waals surface area contributed by atoms with Crippen molar-refractivity contribution in [3.05, 3.63) is 66.0 Å². The molecule has 21 heavy (non-hydrogen) atoms. The molecule has 0 aliphatic heterocycles. The summed E-state index contributed by atoms with van der Waals surface area (Å²) in [5, 5.41) is 12.6. The number of pyridine rings is 1. The molecule has 1 amide bonds. The number of carbonyl (C=O) groups is 1. The van der Waals surface area contributed by atoms with Gasteiger partial charge in [-0.1, -0.05) is 30.3 Å². The van der Waals surface area contributed by atoms with Gasteiger partial charge in [0, 0.05) is 18.0 Å². The number of nitrogens with one attached hydrogen (secondary N) is 1. The zero-order valence-electron chi connectivity index (χ0n) is 11.6. The van der Waals surface area contributed by atoms with Gasteiger partial charge in [0.1, 0.15) is 0 Å². The highest BCUT2D eigenvalue weighted by atomic mass is 16.3. The Kier molecular flexibility index (Phi) is 3.97. The standard InChI is InChI=1S/C17H18N2O2/c20-15-10-14(11-15)16(12-4-2-1-3-5-12)19-17(21)13-6-8-18-9-7-13/h1-9,14-16,20H,10-11H2,(H,19,21)/t14?,15?,16-/m0/s1. The molecule has 0 bridgehead atoms. The van der Waals surface area contributed by atoms with E-state index in [0.29, 0.717) is 5.56 Å². The molecule has 1 heterocycles. The number of aliphatic hydroxyl groups is 1. The topological polar surface area (TPSA) is 62.2 Å². The Balaban J connectivity index is 1.78. The van der Waals surface area contributed by atoms with E-state index in [1.807, 2.05) is 30.3 Å². The van der Waals surface area contributed by atoms with Gasteiger partial charge in [-0.05, 0) is 36.5 Å². The van der Waals surface area contributed by atoms with Gasteiger partial charge < -0.3 is 10.4 Å². The molecule has 4 nitrogen and oxygen atoms in total. The zero-order valence-corrected chi connectivity index (χ0v) is 11.6. The zero-order chi connectivity index (χ0) is 14.7. The summed E-state index contributed by atoms with van der Waals surface area (Å²) in [4.78, 5) is 16.3. The number of rotatable bonds is 4. The SMILES string of the molecule is O=C(N[C@@H](c1ccccc1)C1CC(O)C1)c1ccncc1. The van der Waals surface area contributed by atoms with E-state index in [9.17, 15) is 9.90 Å². The lowest BCUT2D eigenvalue weighted by Crippen LogP contribution is -2.41. The molecule has 1 aliphatic rings. The molecule has 4 heteroatoms. The molecular formula is C17H18N2O2. The van der Waals surface area contributed by atoms with E-state index in [-0.39, 0.29) is 24.0 Å². The summed E-state index contributed by atoms with van der Waals surface area (Å²) in [6, 6.07) is 13.3. The van der Waals surface area contributed by atoms with Crippen LogP contribution < -0.4 is 5.32 Å². The van der Waals surface area contributed by atoms with Gasteiger partial charge in [-0.25, -0.2) is 0 Å². The fourth-order valence-corrected chi connectivity index (χ4v) is 2.76. The van der Waals surface area contributed by atoms with Gasteiger partial charge in [-0.2, -0.15) is 0 Å². The molecule has 1 aromatic carbocycles. The first-order valence-electron chi connectivity index (χ1n) is 7.18. The Morgan fingerprint density at radius 3 is 2.43 bits per heavy atom. The summed E-state index contributed by atoms with van der Waals surface area (Å²) in [5.74, 6) is 0.181. The molecule has 108 valence electrons. The Labute approximate surface area is 123 Å². The highest BCUT2D eigenvalue weighted by Crippen LogP contribution is 2.38. The fraction of sp³-hybridized carbons (Fsp3) is 0.294. The van der Waals surface area contributed by atoms with Gasteiger partial charge in [-0.15, -0.1) is 0 Å². The summed E-state index contributed by atoms with van der Waals surface area (Å²) in [7, 11) is 0. The second kappa shape index (κ2) is 6.06. The van der Waals surface area contributed by atoms with E-state index in [1.165, 1.54) is 0 Å². The largest absolute Gasteiger partial charge is 0.393 e. The third kappa shape index (κ3) is 3.11. The van der Waals surface area contributed by atoms with Crippen LogP contribution in [0.15, 0.2) is 54.9 Å². The normalized spacial score (nSPS) is 22.1. The van der Waals surface area contributed by atoms with Crippen molar-refractivity contribution in [2.75, 3.05) is 0 Å². The second-order valence-electron chi connectivity index (χ2n) is 5.48. The first kappa shape index (κ1) is 13.8. The lowest BCUT2D eigenvalue weighted by Gasteiger charge is -2.38. The summed E-state index contributed by atoms with van der Waals surface area (Å²) < 4.78 is 0. The number of benzene rings is 1. The molecule has 0 saturated heterocycles. The summed E-state index contributed by atoms with van der Waals surface area (Å²) in [5.41, 5.74) is 1.68. The molecule has 3 rings (SSSR count). The van der Waals surface area contributed by atoms with Crippen molar-refractivity contribution in [3.63, 3.8) is 0 Å². The van der Waals surface area contributed by atoms with Crippen molar-refractivity contribution >= 4 is 5.91 Å². The van der Waals surface area contributed by atoms with Crippen molar-refractivity contribution in [1.82, 2.24) is 10.3 Å². The van der Waals surface area contributed by atoms with Crippen LogP contribution >= 0.6 is 0 Å². The third-order valence-corrected chi connectivity index (χ3v) is 4.01. The highest BCUT2D eigenvalue weighted by molar-refractivity contribution is 5.94. The number of hydrogen-bond donors (Lipinski definition) is 2. The average Bonchev–Trinajstić information content (AvgIpc) is 2.51. The molecule has 2 aromatic rings. The van der Waals surface area contributed by atoms with Crippen molar-refractivity contribution in [3.8, 4) is 0 Å². The van der Waals surface area contributed by atoms with E-state index in [1.54, 1.807) is 24.5 Å². The number of nitrogens with zero attached hydrogens (tertiary/aromatic N) is 1. The van der Waals surface area contributed by atoms with Crippen LogP contribution in [-0.4, -0.2) is 22.1 Å². The molecule has 1 fully saturated rings. The maximum absolute atomic E-state index is 12.4. The van der Waals surface area contributed by atoms with E-state index in [4.69, 9.17) is 0 Å². The minimum Gasteiger partial charge on any atom is -0.393 e. The van der Waals surface area contributed by atoms with Crippen LogP contribution in [0, 0.1) is 5.92 Å². The third-order valence-electron chi connectivity index (χ3n) is 4.01. The minimum atomic E-state index is -0.237. The first-order valence-corrected chi connectivity index (χ1v) is 7.18. The monoisotopic (exact) mass is 282 g/mol. The number of aromatic nitrogens is 1. The van der Waals surface area contributed by atoms with Crippen LogP contribution in [0.1, 0.15) is 34.8 Å². The van der Waals surface area contributed by atoms with Gasteiger partial charge in [-0.3, -0.25) is 9.78 Å². The molecule has 1 aromatic heterocycles. The Morgan fingerprint density at radius 1 is 1.14 bits per heavy atom. The van der Waals surface area contributed by atoms with Crippen LogP contribution in [0.5, 0.6) is 0 Å². The van der Waals surface area contributed by atoms with Gasteiger partial charge >= 0.3 is 0 Å². The molecule has 1 saturated carbocycles. The van der Waals surface area contributed by atoms with Gasteiger partial charge in [0.15, 0.2) is 0 Å². The second-order valence-corrected chi connectivity index (χ2v) is 5.48. The Hall–Kier alpha value is -2.20. The maximum atomic E-state index is 12.4. The van der Waals surface area contributed by atoms with Gasteiger partial charge in [0.05, 0.1) is 12.1 Å². The summed E-state index contributed by atoms with van der Waals surface area (Å²) in [6.07, 6.45) is 4.45. The molecule has 2 N–H and O–H groups in total. The Morgan fingerprint density at radius 2 is 1.81 bits per heavy atom. The quantitative estimate of drug-likeness (QED) is 0.904. The van der Waals surface area contributed by atoms with Crippen molar-refractivity contribution < 1.29 is 9.90 Å². The highest BCUT2D eigenvalue weighted by Gasteiger charge is 2.35. The predicted molar refractivity (Wildman–Crippen MR) is 79.6 cm³/mol. The summed E-state index contributed by atoms with van der Waals surface area (Å²) >= 11 is 0. The lowest BCUT2D eigenvalue weighted by atomic mass is 9.75. The molecule has 1 aliphatic carbocycles. The average molecular weight is 282 g/mol. The Bertz CT molecular complexity index is 595. The molecular weight excluding hydrogens is 264 g/mol. The summed E-state index contributed by atoms with van der Waals surface area (Å²) in [6.45, 7) is 0. The van der Waals surface area contributed by atoms with Crippen molar-refractivity contribution in [2.45, 2.75) is 25.0 Å². The van der Waals surface area contributed by atoms with Crippen molar-refractivity contribution in [2.24, 2.45) is 5.92 Å². The van der Waals surface area contributed by atoms with Crippen molar-refractivity contribution in [1.29, 1.82) is 0 Å². The predicted octanol–water partition coefficient (Wildman–Crippen LogP) is 2.32. The van der Waals surface area contributed by atoms with Gasteiger partial charge in [0.25, 0.3) is 5.91 Å². The van der Waals surface area contributed by atoms with E-state index < -0.39 is 0 Å². The van der Waals surface area contributed by atoms with Crippen LogP contribution in [-0.2, 0) is 0 Å². The van der Waals surface area contributed by atoms with E-state index in [2.05, 4.69) is 10.3 Å².